The number of carbonyl (C=O) groups is 1. The number of rotatable bonds is 5. The van der Waals surface area contributed by atoms with Gasteiger partial charge in [0.15, 0.2) is 6.29 Å². The third kappa shape index (κ3) is 3.39. The second-order valence-electron chi connectivity index (χ2n) is 6.17. The minimum absolute atomic E-state index is 0.262. The topological polar surface area (TPSA) is 72.7 Å². The first-order valence-corrected chi connectivity index (χ1v) is 8.38. The number of aryl methyl sites for hydroxylation is 1. The number of aromatic nitrogens is 4. The Balaban J connectivity index is 1.63. The van der Waals surface area contributed by atoms with E-state index in [-0.39, 0.29) is 5.82 Å². The molecule has 134 valence electrons. The van der Waals surface area contributed by atoms with Gasteiger partial charge in [0.25, 0.3) is 0 Å². The fraction of sp³-hybridized carbons (Fsp3) is 0.100. The number of nitrogens with zero attached hydrogens (tertiary/aromatic N) is 4. The molecule has 0 saturated heterocycles. The van der Waals surface area contributed by atoms with Crippen molar-refractivity contribution in [2.45, 2.75) is 13.5 Å². The van der Waals surface area contributed by atoms with Crippen LogP contribution in [0.25, 0.3) is 10.9 Å². The molecule has 27 heavy (non-hydrogen) atoms. The molecule has 0 unspecified atom stereocenters. The van der Waals surface area contributed by atoms with Crippen molar-refractivity contribution < 1.29 is 9.18 Å². The van der Waals surface area contributed by atoms with Crippen molar-refractivity contribution in [3.8, 4) is 0 Å². The highest BCUT2D eigenvalue weighted by Gasteiger charge is 2.09. The van der Waals surface area contributed by atoms with Gasteiger partial charge in [-0.1, -0.05) is 12.1 Å². The zero-order chi connectivity index (χ0) is 18.8. The molecule has 6 nitrogen and oxygen atoms in total. The average Bonchev–Trinajstić information content (AvgIpc) is 3.04. The molecule has 0 saturated carbocycles. The van der Waals surface area contributed by atoms with Crippen LogP contribution in [0.1, 0.15) is 21.6 Å². The first kappa shape index (κ1) is 16.8. The second-order valence-corrected chi connectivity index (χ2v) is 6.17. The van der Waals surface area contributed by atoms with Gasteiger partial charge < -0.3 is 5.32 Å². The van der Waals surface area contributed by atoms with E-state index in [1.54, 1.807) is 19.2 Å². The molecule has 0 aliphatic carbocycles. The van der Waals surface area contributed by atoms with Gasteiger partial charge in [0.1, 0.15) is 18.0 Å². The molecule has 0 aliphatic rings. The van der Waals surface area contributed by atoms with Crippen molar-refractivity contribution >= 4 is 28.7 Å². The standard InChI is InChI=1S/C20H16FN5O/c1-13-18(11-27)20(23-12-22-13)25-17-5-6-19-15(8-17)9-24-26(19)10-14-3-2-4-16(21)7-14/h2-9,11-12H,10H2,1H3,(H,22,23,25). The van der Waals surface area contributed by atoms with E-state index in [0.29, 0.717) is 23.6 Å². The van der Waals surface area contributed by atoms with Crippen molar-refractivity contribution in [2.24, 2.45) is 0 Å². The maximum absolute atomic E-state index is 13.4. The predicted octanol–water partition coefficient (Wildman–Crippen LogP) is 3.88. The summed E-state index contributed by atoms with van der Waals surface area (Å²) in [5.74, 6) is 0.200. The van der Waals surface area contributed by atoms with Crippen molar-refractivity contribution in [3.05, 3.63) is 77.6 Å². The van der Waals surface area contributed by atoms with Crippen LogP contribution in [0.3, 0.4) is 0 Å². The van der Waals surface area contributed by atoms with Gasteiger partial charge in [-0.05, 0) is 42.8 Å². The summed E-state index contributed by atoms with van der Waals surface area (Å²) < 4.78 is 15.2. The molecular formula is C20H16FN5O. The third-order valence-corrected chi connectivity index (χ3v) is 4.33. The minimum atomic E-state index is -0.262. The molecular weight excluding hydrogens is 345 g/mol. The first-order valence-electron chi connectivity index (χ1n) is 8.38. The fourth-order valence-corrected chi connectivity index (χ4v) is 2.96. The van der Waals surface area contributed by atoms with Crippen LogP contribution in [-0.2, 0) is 6.54 Å². The summed E-state index contributed by atoms with van der Waals surface area (Å²) >= 11 is 0. The van der Waals surface area contributed by atoms with E-state index in [1.807, 2.05) is 28.9 Å². The lowest BCUT2D eigenvalue weighted by atomic mass is 10.2. The number of anilines is 2. The van der Waals surface area contributed by atoms with Crippen LogP contribution >= 0.6 is 0 Å². The molecule has 0 atom stereocenters. The Morgan fingerprint density at radius 3 is 2.89 bits per heavy atom. The van der Waals surface area contributed by atoms with E-state index >= 15 is 0 Å². The first-order chi connectivity index (χ1) is 13.1. The van der Waals surface area contributed by atoms with Gasteiger partial charge in [0.05, 0.1) is 29.5 Å². The Labute approximate surface area is 154 Å². The Bertz CT molecular complexity index is 1140. The van der Waals surface area contributed by atoms with E-state index in [0.717, 1.165) is 28.4 Å². The molecule has 1 N–H and O–H groups in total. The zero-order valence-corrected chi connectivity index (χ0v) is 14.6. The summed E-state index contributed by atoms with van der Waals surface area (Å²) in [5.41, 5.74) is 3.61. The van der Waals surface area contributed by atoms with Gasteiger partial charge in [0, 0.05) is 11.1 Å². The maximum Gasteiger partial charge on any atom is 0.155 e. The predicted molar refractivity (Wildman–Crippen MR) is 101 cm³/mol. The molecule has 0 radical (unpaired) electrons. The van der Waals surface area contributed by atoms with Gasteiger partial charge in [-0.3, -0.25) is 9.48 Å². The number of aldehydes is 1. The summed E-state index contributed by atoms with van der Waals surface area (Å²) in [6.07, 6.45) is 3.92. The Hall–Kier alpha value is -3.61. The molecule has 0 aliphatic heterocycles. The molecule has 0 bridgehead atoms. The van der Waals surface area contributed by atoms with E-state index in [1.165, 1.54) is 18.5 Å². The van der Waals surface area contributed by atoms with Gasteiger partial charge >= 0.3 is 0 Å². The largest absolute Gasteiger partial charge is 0.340 e. The van der Waals surface area contributed by atoms with Crippen LogP contribution < -0.4 is 5.32 Å². The number of hydrogen-bond acceptors (Lipinski definition) is 5. The highest BCUT2D eigenvalue weighted by atomic mass is 19.1. The Kier molecular flexibility index (Phi) is 4.33. The van der Waals surface area contributed by atoms with Gasteiger partial charge in [-0.2, -0.15) is 5.10 Å². The quantitative estimate of drug-likeness (QED) is 0.546. The van der Waals surface area contributed by atoms with Gasteiger partial charge in [0.2, 0.25) is 0 Å². The van der Waals surface area contributed by atoms with E-state index in [9.17, 15) is 9.18 Å². The van der Waals surface area contributed by atoms with Crippen molar-refractivity contribution in [3.63, 3.8) is 0 Å². The summed E-state index contributed by atoms with van der Waals surface area (Å²) in [7, 11) is 0. The molecule has 0 fully saturated rings. The van der Waals surface area contributed by atoms with E-state index in [2.05, 4.69) is 20.4 Å². The third-order valence-electron chi connectivity index (χ3n) is 4.33. The monoisotopic (exact) mass is 361 g/mol. The molecule has 2 aromatic heterocycles. The second kappa shape index (κ2) is 6.95. The Morgan fingerprint density at radius 1 is 1.19 bits per heavy atom. The molecule has 7 heteroatoms. The molecule has 0 amide bonds. The fourth-order valence-electron chi connectivity index (χ4n) is 2.96. The van der Waals surface area contributed by atoms with Crippen molar-refractivity contribution in [1.29, 1.82) is 0 Å². The lowest BCUT2D eigenvalue weighted by Crippen LogP contribution is -2.03. The van der Waals surface area contributed by atoms with Crippen molar-refractivity contribution in [1.82, 2.24) is 19.7 Å². The summed E-state index contributed by atoms with van der Waals surface area (Å²) in [6.45, 7) is 2.24. The highest BCUT2D eigenvalue weighted by molar-refractivity contribution is 5.87. The van der Waals surface area contributed by atoms with Crippen LogP contribution in [0.5, 0.6) is 0 Å². The number of hydrogen-bond donors (Lipinski definition) is 1. The van der Waals surface area contributed by atoms with E-state index < -0.39 is 0 Å². The SMILES string of the molecule is Cc1ncnc(Nc2ccc3c(cnn3Cc3cccc(F)c3)c2)c1C=O. The lowest BCUT2D eigenvalue weighted by Gasteiger charge is -2.09. The van der Waals surface area contributed by atoms with Crippen LogP contribution in [0.2, 0.25) is 0 Å². The molecule has 0 spiro atoms. The summed E-state index contributed by atoms with van der Waals surface area (Å²) in [6, 6.07) is 12.2. The molecule has 2 aromatic carbocycles. The Morgan fingerprint density at radius 2 is 2.07 bits per heavy atom. The number of nitrogens with one attached hydrogen (secondary N) is 1. The number of fused-ring (bicyclic) bond motifs is 1. The van der Waals surface area contributed by atoms with Crippen LogP contribution in [0.4, 0.5) is 15.9 Å². The lowest BCUT2D eigenvalue weighted by molar-refractivity contribution is 0.112. The summed E-state index contributed by atoms with van der Waals surface area (Å²) in [4.78, 5) is 19.5. The number of carbonyl (C=O) groups excluding carboxylic acids is 1. The number of halogens is 1. The molecule has 4 rings (SSSR count). The smallest absolute Gasteiger partial charge is 0.155 e. The summed E-state index contributed by atoms with van der Waals surface area (Å²) in [5, 5.41) is 8.48. The van der Waals surface area contributed by atoms with Crippen LogP contribution in [0, 0.1) is 12.7 Å². The van der Waals surface area contributed by atoms with Crippen molar-refractivity contribution in [2.75, 3.05) is 5.32 Å². The molecule has 2 heterocycles. The van der Waals surface area contributed by atoms with E-state index in [4.69, 9.17) is 0 Å². The van der Waals surface area contributed by atoms with Crippen LogP contribution in [0.15, 0.2) is 55.0 Å². The highest BCUT2D eigenvalue weighted by Crippen LogP contribution is 2.24. The normalized spacial score (nSPS) is 10.9. The average molecular weight is 361 g/mol. The van der Waals surface area contributed by atoms with Gasteiger partial charge in [-0.25, -0.2) is 14.4 Å². The molecule has 4 aromatic rings. The minimum Gasteiger partial charge on any atom is -0.340 e. The van der Waals surface area contributed by atoms with Crippen LogP contribution in [-0.4, -0.2) is 26.0 Å². The number of benzene rings is 2. The maximum atomic E-state index is 13.4. The zero-order valence-electron chi connectivity index (χ0n) is 14.6. The van der Waals surface area contributed by atoms with Gasteiger partial charge in [-0.15, -0.1) is 0 Å².